The monoisotopic (exact) mass is 342 g/mol. The summed E-state index contributed by atoms with van der Waals surface area (Å²) in [6, 6.07) is 8.07. The molecule has 5 heteroatoms. The van der Waals surface area contributed by atoms with Crippen LogP contribution in [0.1, 0.15) is 11.1 Å². The van der Waals surface area contributed by atoms with Gasteiger partial charge in [0, 0.05) is 21.9 Å². The molecule has 0 amide bonds. The molecule has 0 spiro atoms. The van der Waals surface area contributed by atoms with E-state index in [1.165, 1.54) is 11.1 Å². The molecule has 0 radical (unpaired) electrons. The van der Waals surface area contributed by atoms with Crippen LogP contribution in [0, 0.1) is 13.8 Å². The van der Waals surface area contributed by atoms with Crippen molar-refractivity contribution in [2.75, 3.05) is 5.73 Å². The summed E-state index contributed by atoms with van der Waals surface area (Å²) in [6.07, 6.45) is 5.29. The second-order valence-corrected chi connectivity index (χ2v) is 5.77. The minimum atomic E-state index is 0.504. The van der Waals surface area contributed by atoms with E-state index in [4.69, 9.17) is 5.73 Å². The van der Waals surface area contributed by atoms with Crippen molar-refractivity contribution in [2.45, 2.75) is 13.8 Å². The molecule has 0 unspecified atom stereocenters. The quantitative estimate of drug-likeness (QED) is 0.768. The summed E-state index contributed by atoms with van der Waals surface area (Å²) in [6.45, 7) is 4.16. The van der Waals surface area contributed by atoms with E-state index in [9.17, 15) is 0 Å². The predicted octanol–water partition coefficient (Wildman–Crippen LogP) is 3.90. The Hall–Kier alpha value is -2.14. The van der Waals surface area contributed by atoms with Crippen LogP contribution in [0.2, 0.25) is 0 Å². The zero-order valence-electron chi connectivity index (χ0n) is 11.8. The largest absolute Gasteiger partial charge is 0.383 e. The normalized spacial score (nSPS) is 10.8. The van der Waals surface area contributed by atoms with Crippen LogP contribution in [0.4, 0.5) is 5.82 Å². The molecule has 21 heavy (non-hydrogen) atoms. The molecule has 0 aliphatic heterocycles. The Balaban J connectivity index is 2.18. The lowest BCUT2D eigenvalue weighted by molar-refractivity contribution is 1.05. The maximum absolute atomic E-state index is 5.98. The zero-order valence-corrected chi connectivity index (χ0v) is 13.4. The van der Waals surface area contributed by atoms with E-state index in [1.54, 1.807) is 18.7 Å². The van der Waals surface area contributed by atoms with Crippen molar-refractivity contribution in [3.8, 4) is 16.9 Å². The van der Waals surface area contributed by atoms with Crippen LogP contribution in [0.25, 0.3) is 16.9 Å². The Kier molecular flexibility index (Phi) is 3.51. The van der Waals surface area contributed by atoms with E-state index < -0.39 is 0 Å². The molecule has 1 aromatic carbocycles. The van der Waals surface area contributed by atoms with E-state index in [0.717, 1.165) is 21.4 Å². The van der Waals surface area contributed by atoms with Crippen molar-refractivity contribution in [3.63, 3.8) is 0 Å². The predicted molar refractivity (Wildman–Crippen MR) is 88.4 cm³/mol. The molecule has 0 saturated heterocycles. The molecular formula is C16H15BrN4. The van der Waals surface area contributed by atoms with Gasteiger partial charge in [-0.3, -0.25) is 4.57 Å². The summed E-state index contributed by atoms with van der Waals surface area (Å²) in [5.74, 6) is 0.504. The van der Waals surface area contributed by atoms with Gasteiger partial charge in [0.2, 0.25) is 0 Å². The topological polar surface area (TPSA) is 56.7 Å². The van der Waals surface area contributed by atoms with Crippen LogP contribution >= 0.6 is 15.9 Å². The molecule has 0 saturated carbocycles. The van der Waals surface area contributed by atoms with E-state index >= 15 is 0 Å². The molecule has 3 rings (SSSR count). The standard InChI is InChI=1S/C16H15BrN4/c1-10-6-12(7-11(2)15(10)17)21-9-19-8-14(21)13-4-3-5-20-16(13)18/h3-9H,1-2H3,(H2,18,20). The fourth-order valence-corrected chi connectivity index (χ4v) is 2.63. The summed E-state index contributed by atoms with van der Waals surface area (Å²) < 4.78 is 3.16. The fraction of sp³-hybridized carbons (Fsp3) is 0.125. The Morgan fingerprint density at radius 1 is 1.19 bits per heavy atom. The van der Waals surface area contributed by atoms with Gasteiger partial charge in [0.05, 0.1) is 18.2 Å². The lowest BCUT2D eigenvalue weighted by Gasteiger charge is -2.12. The third-order valence-electron chi connectivity index (χ3n) is 3.45. The van der Waals surface area contributed by atoms with Gasteiger partial charge in [-0.2, -0.15) is 0 Å². The number of aromatic nitrogens is 3. The van der Waals surface area contributed by atoms with Crippen LogP contribution in [0.5, 0.6) is 0 Å². The molecule has 2 heterocycles. The number of imidazole rings is 1. The number of benzene rings is 1. The number of aryl methyl sites for hydroxylation is 2. The Morgan fingerprint density at radius 3 is 2.57 bits per heavy atom. The zero-order chi connectivity index (χ0) is 15.0. The average Bonchev–Trinajstić information content (AvgIpc) is 2.94. The van der Waals surface area contributed by atoms with E-state index in [1.807, 2.05) is 16.7 Å². The highest BCUT2D eigenvalue weighted by molar-refractivity contribution is 9.10. The van der Waals surface area contributed by atoms with Gasteiger partial charge in [0.15, 0.2) is 0 Å². The smallest absolute Gasteiger partial charge is 0.132 e. The molecule has 3 aromatic rings. The Labute approximate surface area is 131 Å². The molecule has 0 aliphatic rings. The van der Waals surface area contributed by atoms with E-state index in [-0.39, 0.29) is 0 Å². The van der Waals surface area contributed by atoms with Crippen LogP contribution in [0.3, 0.4) is 0 Å². The summed E-state index contributed by atoms with van der Waals surface area (Å²) in [7, 11) is 0. The number of hydrogen-bond acceptors (Lipinski definition) is 3. The van der Waals surface area contributed by atoms with E-state index in [0.29, 0.717) is 5.82 Å². The average molecular weight is 343 g/mol. The number of rotatable bonds is 2. The van der Waals surface area contributed by atoms with Crippen molar-refractivity contribution in [3.05, 3.63) is 58.6 Å². The van der Waals surface area contributed by atoms with Crippen molar-refractivity contribution in [1.82, 2.24) is 14.5 Å². The third kappa shape index (κ3) is 2.45. The molecule has 2 N–H and O–H groups in total. The van der Waals surface area contributed by atoms with Gasteiger partial charge in [0.1, 0.15) is 5.82 Å². The van der Waals surface area contributed by atoms with Gasteiger partial charge in [-0.1, -0.05) is 15.9 Å². The molecule has 0 aliphatic carbocycles. The second kappa shape index (κ2) is 5.33. The van der Waals surface area contributed by atoms with Gasteiger partial charge in [0.25, 0.3) is 0 Å². The molecule has 0 bridgehead atoms. The molecule has 0 fully saturated rings. The highest BCUT2D eigenvalue weighted by atomic mass is 79.9. The lowest BCUT2D eigenvalue weighted by atomic mass is 10.1. The highest BCUT2D eigenvalue weighted by Crippen LogP contribution is 2.29. The van der Waals surface area contributed by atoms with Crippen molar-refractivity contribution in [2.24, 2.45) is 0 Å². The van der Waals surface area contributed by atoms with Crippen LogP contribution < -0.4 is 5.73 Å². The van der Waals surface area contributed by atoms with Gasteiger partial charge in [-0.25, -0.2) is 9.97 Å². The minimum Gasteiger partial charge on any atom is -0.383 e. The summed E-state index contributed by atoms with van der Waals surface area (Å²) in [5.41, 5.74) is 11.2. The van der Waals surface area contributed by atoms with Crippen LogP contribution in [-0.4, -0.2) is 14.5 Å². The Bertz CT molecular complexity index is 785. The number of nitrogens with two attached hydrogens (primary N) is 1. The van der Waals surface area contributed by atoms with Gasteiger partial charge >= 0.3 is 0 Å². The number of nitrogen functional groups attached to an aromatic ring is 1. The SMILES string of the molecule is Cc1cc(-n2cncc2-c2cccnc2N)cc(C)c1Br. The van der Waals surface area contributed by atoms with Crippen molar-refractivity contribution in [1.29, 1.82) is 0 Å². The summed E-state index contributed by atoms with van der Waals surface area (Å²) in [4.78, 5) is 8.41. The molecule has 2 aromatic heterocycles. The van der Waals surface area contributed by atoms with Gasteiger partial charge < -0.3 is 5.73 Å². The molecule has 106 valence electrons. The molecule has 4 nitrogen and oxygen atoms in total. The minimum absolute atomic E-state index is 0.504. The maximum atomic E-state index is 5.98. The number of halogens is 1. The number of hydrogen-bond donors (Lipinski definition) is 1. The Morgan fingerprint density at radius 2 is 1.90 bits per heavy atom. The van der Waals surface area contributed by atoms with Crippen molar-refractivity contribution < 1.29 is 0 Å². The first-order chi connectivity index (χ1) is 10.1. The van der Waals surface area contributed by atoms with Gasteiger partial charge in [-0.05, 0) is 49.2 Å². The molecular weight excluding hydrogens is 328 g/mol. The first kappa shape index (κ1) is 13.8. The van der Waals surface area contributed by atoms with E-state index in [2.05, 4.69) is 51.9 Å². The molecule has 0 atom stereocenters. The number of pyridine rings is 1. The number of anilines is 1. The van der Waals surface area contributed by atoms with Crippen LogP contribution in [-0.2, 0) is 0 Å². The number of nitrogens with zero attached hydrogens (tertiary/aromatic N) is 3. The second-order valence-electron chi connectivity index (χ2n) is 4.98. The first-order valence-corrected chi connectivity index (χ1v) is 7.37. The van der Waals surface area contributed by atoms with Gasteiger partial charge in [-0.15, -0.1) is 0 Å². The third-order valence-corrected chi connectivity index (χ3v) is 4.70. The lowest BCUT2D eigenvalue weighted by Crippen LogP contribution is -2.00. The fourth-order valence-electron chi connectivity index (χ4n) is 2.40. The highest BCUT2D eigenvalue weighted by Gasteiger charge is 2.12. The maximum Gasteiger partial charge on any atom is 0.132 e. The first-order valence-electron chi connectivity index (χ1n) is 6.58. The van der Waals surface area contributed by atoms with Crippen molar-refractivity contribution >= 4 is 21.7 Å². The van der Waals surface area contributed by atoms with Crippen LogP contribution in [0.15, 0.2) is 47.5 Å². The summed E-state index contributed by atoms with van der Waals surface area (Å²) >= 11 is 3.60. The summed E-state index contributed by atoms with van der Waals surface area (Å²) in [5, 5.41) is 0.